The number of nitrogens with zero attached hydrogens (tertiary/aromatic N) is 2. The molecule has 0 spiro atoms. The van der Waals surface area contributed by atoms with Crippen molar-refractivity contribution in [2.75, 3.05) is 18.0 Å². The van der Waals surface area contributed by atoms with E-state index in [1.807, 2.05) is 32.0 Å². The first-order valence-electron chi connectivity index (χ1n) is 8.14. The standard InChI is InChI=1S/C19H22N2O2/c1-14-8-9-17(15(2)13-14)23-19(22)16-7-6-10-20-18(16)21-11-4-3-5-12-21/h6-10,13H,3-5,11-12H2,1-2H3. The van der Waals surface area contributed by atoms with E-state index in [0.717, 1.165) is 42.9 Å². The number of aryl methyl sites for hydroxylation is 2. The molecule has 4 nitrogen and oxygen atoms in total. The highest BCUT2D eigenvalue weighted by atomic mass is 16.5. The smallest absolute Gasteiger partial charge is 0.347 e. The van der Waals surface area contributed by atoms with Crippen LogP contribution in [0.3, 0.4) is 0 Å². The second-order valence-corrected chi connectivity index (χ2v) is 6.08. The fraction of sp³-hybridized carbons (Fsp3) is 0.368. The topological polar surface area (TPSA) is 42.4 Å². The Morgan fingerprint density at radius 1 is 1.13 bits per heavy atom. The van der Waals surface area contributed by atoms with E-state index in [1.54, 1.807) is 18.3 Å². The van der Waals surface area contributed by atoms with Gasteiger partial charge in [0.05, 0.1) is 0 Å². The normalized spacial score (nSPS) is 14.6. The number of rotatable bonds is 3. The van der Waals surface area contributed by atoms with Gasteiger partial charge in [0.1, 0.15) is 17.1 Å². The van der Waals surface area contributed by atoms with Crippen molar-refractivity contribution in [2.45, 2.75) is 33.1 Å². The Morgan fingerprint density at radius 3 is 2.65 bits per heavy atom. The number of aromatic nitrogens is 1. The third-order valence-electron chi connectivity index (χ3n) is 4.20. The highest BCUT2D eigenvalue weighted by Crippen LogP contribution is 2.25. The minimum absolute atomic E-state index is 0.342. The molecule has 0 unspecified atom stereocenters. The van der Waals surface area contributed by atoms with Crippen LogP contribution in [0.15, 0.2) is 36.5 Å². The van der Waals surface area contributed by atoms with E-state index in [0.29, 0.717) is 11.3 Å². The number of anilines is 1. The van der Waals surface area contributed by atoms with Gasteiger partial charge in [-0.3, -0.25) is 0 Å². The molecule has 0 atom stereocenters. The average Bonchev–Trinajstić information content (AvgIpc) is 2.58. The lowest BCUT2D eigenvalue weighted by Gasteiger charge is -2.28. The predicted molar refractivity (Wildman–Crippen MR) is 91.2 cm³/mol. The third kappa shape index (κ3) is 3.52. The zero-order valence-corrected chi connectivity index (χ0v) is 13.7. The van der Waals surface area contributed by atoms with Crippen LogP contribution in [0.4, 0.5) is 5.82 Å². The van der Waals surface area contributed by atoms with Crippen LogP contribution in [0.5, 0.6) is 5.75 Å². The molecule has 1 aromatic carbocycles. The molecule has 23 heavy (non-hydrogen) atoms. The van der Waals surface area contributed by atoms with Crippen LogP contribution >= 0.6 is 0 Å². The van der Waals surface area contributed by atoms with Gasteiger partial charge in [0.25, 0.3) is 0 Å². The lowest BCUT2D eigenvalue weighted by molar-refractivity contribution is 0.0733. The maximum Gasteiger partial charge on any atom is 0.347 e. The second-order valence-electron chi connectivity index (χ2n) is 6.08. The summed E-state index contributed by atoms with van der Waals surface area (Å²) in [6.45, 7) is 5.86. The summed E-state index contributed by atoms with van der Waals surface area (Å²) in [6.07, 6.45) is 5.26. The number of hydrogen-bond acceptors (Lipinski definition) is 4. The number of piperidine rings is 1. The van der Waals surface area contributed by atoms with Gasteiger partial charge in [0, 0.05) is 19.3 Å². The number of hydrogen-bond donors (Lipinski definition) is 0. The van der Waals surface area contributed by atoms with Crippen molar-refractivity contribution >= 4 is 11.8 Å². The lowest BCUT2D eigenvalue weighted by atomic mass is 10.1. The van der Waals surface area contributed by atoms with Crippen LogP contribution in [-0.4, -0.2) is 24.0 Å². The van der Waals surface area contributed by atoms with Crippen molar-refractivity contribution in [1.82, 2.24) is 4.98 Å². The van der Waals surface area contributed by atoms with Gasteiger partial charge >= 0.3 is 5.97 Å². The molecule has 0 bridgehead atoms. The molecule has 3 rings (SSSR count). The predicted octanol–water partition coefficient (Wildman–Crippen LogP) is 3.91. The Hall–Kier alpha value is -2.36. The van der Waals surface area contributed by atoms with Crippen molar-refractivity contribution in [3.8, 4) is 5.75 Å². The number of esters is 1. The number of carbonyl (C=O) groups excluding carboxylic acids is 1. The Kier molecular flexibility index (Phi) is 4.60. The highest BCUT2D eigenvalue weighted by Gasteiger charge is 2.21. The molecule has 1 saturated heterocycles. The van der Waals surface area contributed by atoms with Gasteiger partial charge in [-0.05, 0) is 56.9 Å². The van der Waals surface area contributed by atoms with Crippen molar-refractivity contribution in [3.05, 3.63) is 53.2 Å². The van der Waals surface area contributed by atoms with Gasteiger partial charge in [-0.15, -0.1) is 0 Å². The number of benzene rings is 1. The van der Waals surface area contributed by atoms with E-state index in [2.05, 4.69) is 9.88 Å². The average molecular weight is 310 g/mol. The van der Waals surface area contributed by atoms with E-state index in [9.17, 15) is 4.79 Å². The molecule has 4 heteroatoms. The fourth-order valence-electron chi connectivity index (χ4n) is 2.98. The monoisotopic (exact) mass is 310 g/mol. The Bertz CT molecular complexity index is 706. The minimum Gasteiger partial charge on any atom is -0.423 e. The minimum atomic E-state index is -0.342. The number of pyridine rings is 1. The molecule has 1 fully saturated rings. The quantitative estimate of drug-likeness (QED) is 0.637. The molecule has 0 saturated carbocycles. The summed E-state index contributed by atoms with van der Waals surface area (Å²) >= 11 is 0. The van der Waals surface area contributed by atoms with Crippen LogP contribution < -0.4 is 9.64 Å². The number of carbonyl (C=O) groups is 1. The molecular weight excluding hydrogens is 288 g/mol. The molecule has 1 aliphatic rings. The number of ether oxygens (including phenoxy) is 1. The largest absolute Gasteiger partial charge is 0.423 e. The van der Waals surface area contributed by atoms with E-state index < -0.39 is 0 Å². The fourth-order valence-corrected chi connectivity index (χ4v) is 2.98. The van der Waals surface area contributed by atoms with Crippen molar-refractivity contribution < 1.29 is 9.53 Å². The first-order valence-corrected chi connectivity index (χ1v) is 8.14. The van der Waals surface area contributed by atoms with Crippen molar-refractivity contribution in [3.63, 3.8) is 0 Å². The van der Waals surface area contributed by atoms with E-state index in [-0.39, 0.29) is 5.97 Å². The van der Waals surface area contributed by atoms with Gasteiger partial charge in [-0.2, -0.15) is 0 Å². The van der Waals surface area contributed by atoms with E-state index in [4.69, 9.17) is 4.74 Å². The van der Waals surface area contributed by atoms with Crippen LogP contribution in [0.1, 0.15) is 40.7 Å². The molecule has 1 aliphatic heterocycles. The van der Waals surface area contributed by atoms with Gasteiger partial charge < -0.3 is 9.64 Å². The molecule has 2 heterocycles. The van der Waals surface area contributed by atoms with E-state index >= 15 is 0 Å². The molecule has 0 amide bonds. The second kappa shape index (κ2) is 6.82. The Balaban J connectivity index is 1.84. The zero-order chi connectivity index (χ0) is 16.2. The first-order chi connectivity index (χ1) is 11.1. The van der Waals surface area contributed by atoms with Crippen molar-refractivity contribution in [1.29, 1.82) is 0 Å². The summed E-state index contributed by atoms with van der Waals surface area (Å²) in [6, 6.07) is 9.39. The summed E-state index contributed by atoms with van der Waals surface area (Å²) in [7, 11) is 0. The molecule has 0 radical (unpaired) electrons. The van der Waals surface area contributed by atoms with Crippen LogP contribution in [0, 0.1) is 13.8 Å². The SMILES string of the molecule is Cc1ccc(OC(=O)c2cccnc2N2CCCCC2)c(C)c1. The van der Waals surface area contributed by atoms with Gasteiger partial charge in [0.15, 0.2) is 0 Å². The summed E-state index contributed by atoms with van der Waals surface area (Å²) in [5.41, 5.74) is 2.65. The molecule has 2 aromatic rings. The van der Waals surface area contributed by atoms with Crippen LogP contribution in [-0.2, 0) is 0 Å². The van der Waals surface area contributed by atoms with Gasteiger partial charge in [0.2, 0.25) is 0 Å². The molecule has 1 aromatic heterocycles. The van der Waals surface area contributed by atoms with Gasteiger partial charge in [-0.25, -0.2) is 9.78 Å². The van der Waals surface area contributed by atoms with Gasteiger partial charge in [-0.1, -0.05) is 17.7 Å². The third-order valence-corrected chi connectivity index (χ3v) is 4.20. The summed E-state index contributed by atoms with van der Waals surface area (Å²) in [5.74, 6) is 1.00. The molecular formula is C19H22N2O2. The molecule has 0 N–H and O–H groups in total. The molecule has 0 aliphatic carbocycles. The maximum atomic E-state index is 12.6. The Morgan fingerprint density at radius 2 is 1.91 bits per heavy atom. The summed E-state index contributed by atoms with van der Waals surface area (Å²) in [5, 5.41) is 0. The lowest BCUT2D eigenvalue weighted by Crippen LogP contribution is -2.32. The summed E-state index contributed by atoms with van der Waals surface area (Å²) in [4.78, 5) is 19.2. The summed E-state index contributed by atoms with van der Waals surface area (Å²) < 4.78 is 5.61. The maximum absolute atomic E-state index is 12.6. The Labute approximate surface area is 137 Å². The van der Waals surface area contributed by atoms with Crippen LogP contribution in [0.2, 0.25) is 0 Å². The highest BCUT2D eigenvalue weighted by molar-refractivity contribution is 5.96. The zero-order valence-electron chi connectivity index (χ0n) is 13.7. The van der Waals surface area contributed by atoms with Crippen LogP contribution in [0.25, 0.3) is 0 Å². The van der Waals surface area contributed by atoms with E-state index in [1.165, 1.54) is 6.42 Å². The first kappa shape index (κ1) is 15.5. The molecule has 120 valence electrons. The van der Waals surface area contributed by atoms with Crippen molar-refractivity contribution in [2.24, 2.45) is 0 Å².